The molecular weight excluding hydrogens is 774 g/mol. The van der Waals surface area contributed by atoms with Crippen molar-refractivity contribution >= 4 is 74.3 Å². The van der Waals surface area contributed by atoms with E-state index in [2.05, 4.69) is 67.7 Å². The number of rotatable bonds is 10. The minimum absolute atomic E-state index is 0.00148. The topological polar surface area (TPSA) is 172 Å². The molecule has 0 radical (unpaired) electrons. The number of anilines is 4. The minimum Gasteiger partial charge on any atom is -0.478 e. The maximum absolute atomic E-state index is 12.8. The number of nitrogens with one attached hydrogen (secondary N) is 3. The highest BCUT2D eigenvalue weighted by Crippen LogP contribution is 2.37. The van der Waals surface area contributed by atoms with Crippen molar-refractivity contribution in [1.29, 1.82) is 0 Å². The number of hydrogen-bond acceptors (Lipinski definition) is 12. The van der Waals surface area contributed by atoms with Crippen molar-refractivity contribution in [2.75, 3.05) is 68.0 Å². The van der Waals surface area contributed by atoms with Gasteiger partial charge in [0.05, 0.1) is 28.8 Å². The fraction of sp³-hybridized carbons (Fsp3) is 0.452. The number of pyridine rings is 1. The van der Waals surface area contributed by atoms with Crippen LogP contribution in [0.15, 0.2) is 53.5 Å². The Bertz CT molecular complexity index is 2500. The quantitative estimate of drug-likeness (QED) is 0.173. The molecular formula is C42H50ClN11O5. The minimum atomic E-state index is -0.419. The number of aryl methyl sites for hydroxylation is 2. The summed E-state index contributed by atoms with van der Waals surface area (Å²) < 4.78 is 8.86. The first-order chi connectivity index (χ1) is 28.3. The van der Waals surface area contributed by atoms with Gasteiger partial charge in [-0.2, -0.15) is 10.1 Å². The Kier molecular flexibility index (Phi) is 11.0. The third-order valence-corrected chi connectivity index (χ3v) is 12.8. The van der Waals surface area contributed by atoms with Crippen LogP contribution >= 0.6 is 11.6 Å². The lowest BCUT2D eigenvalue weighted by Crippen LogP contribution is -2.59. The zero-order valence-electron chi connectivity index (χ0n) is 34.0. The molecule has 5 aromatic rings. The van der Waals surface area contributed by atoms with E-state index in [1.54, 1.807) is 19.3 Å². The molecule has 310 valence electrons. The van der Waals surface area contributed by atoms with Crippen LogP contribution in [-0.4, -0.2) is 105 Å². The molecule has 2 aromatic carbocycles. The average molecular weight is 824 g/mol. The van der Waals surface area contributed by atoms with Gasteiger partial charge in [-0.3, -0.25) is 34.1 Å². The van der Waals surface area contributed by atoms with Crippen molar-refractivity contribution in [3.8, 4) is 5.75 Å². The van der Waals surface area contributed by atoms with Gasteiger partial charge in [0.2, 0.25) is 17.8 Å². The highest BCUT2D eigenvalue weighted by molar-refractivity contribution is 6.33. The summed E-state index contributed by atoms with van der Waals surface area (Å²) in [6.07, 6.45) is 4.57. The molecule has 3 aliphatic rings. The summed E-state index contributed by atoms with van der Waals surface area (Å²) in [5.41, 5.74) is 3.97. The number of benzene rings is 2. The molecule has 0 saturated carbocycles. The van der Waals surface area contributed by atoms with E-state index >= 15 is 0 Å². The smallest absolute Gasteiger partial charge is 0.293 e. The van der Waals surface area contributed by atoms with Crippen LogP contribution in [0.2, 0.25) is 5.02 Å². The molecule has 6 heterocycles. The predicted molar refractivity (Wildman–Crippen MR) is 228 cm³/mol. The van der Waals surface area contributed by atoms with Gasteiger partial charge in [0.15, 0.2) is 18.2 Å². The van der Waals surface area contributed by atoms with E-state index in [4.69, 9.17) is 26.4 Å². The molecule has 8 rings (SSSR count). The first kappa shape index (κ1) is 40.1. The molecule has 1 atom stereocenters. The molecule has 16 nitrogen and oxygen atoms in total. The Labute approximate surface area is 346 Å². The van der Waals surface area contributed by atoms with Gasteiger partial charge in [0, 0.05) is 94.5 Å². The van der Waals surface area contributed by atoms with Crippen molar-refractivity contribution in [2.24, 2.45) is 20.0 Å². The summed E-state index contributed by atoms with van der Waals surface area (Å²) in [4.78, 5) is 65.6. The second-order valence-electron chi connectivity index (χ2n) is 16.2. The summed E-state index contributed by atoms with van der Waals surface area (Å²) in [7, 11) is 5.09. The van der Waals surface area contributed by atoms with Gasteiger partial charge in [-0.25, -0.2) is 4.98 Å². The predicted octanol–water partition coefficient (Wildman–Crippen LogP) is 4.07. The molecule has 17 heteroatoms. The number of aromatic nitrogens is 5. The van der Waals surface area contributed by atoms with Gasteiger partial charge < -0.3 is 29.7 Å². The summed E-state index contributed by atoms with van der Waals surface area (Å²) >= 11 is 6.60. The maximum atomic E-state index is 12.8. The molecule has 3 fully saturated rings. The normalized spacial score (nSPS) is 18.4. The van der Waals surface area contributed by atoms with E-state index in [9.17, 15) is 19.2 Å². The number of likely N-dealkylation sites (N-methyl/N-ethyl adjacent to an activating group) is 1. The van der Waals surface area contributed by atoms with E-state index in [0.29, 0.717) is 46.8 Å². The molecule has 3 amide bonds. The van der Waals surface area contributed by atoms with E-state index in [0.717, 1.165) is 79.8 Å². The second kappa shape index (κ2) is 16.1. The summed E-state index contributed by atoms with van der Waals surface area (Å²) in [5.74, 6) is 0.443. The first-order valence-corrected chi connectivity index (χ1v) is 20.5. The lowest BCUT2D eigenvalue weighted by molar-refractivity contribution is -0.134. The SMILES string of the molecule is CNC(=O)COc1cc2cc(Nc3nc(N4CCN(C(C)(C)C5CCN(c6ccc7c(C8CCC(=O)NC8=O)nn(C)c7c6)CC5)CC4)ncc3Cl)ccc2n(C)c1=O. The first-order valence-electron chi connectivity index (χ1n) is 20.1. The number of carbonyl (C=O) groups is 3. The van der Waals surface area contributed by atoms with Crippen LogP contribution in [0.25, 0.3) is 21.8 Å². The Morgan fingerprint density at radius 3 is 2.44 bits per heavy atom. The monoisotopic (exact) mass is 823 g/mol. The number of hydrogen-bond donors (Lipinski definition) is 3. The van der Waals surface area contributed by atoms with Crippen LogP contribution in [-0.2, 0) is 28.5 Å². The molecule has 59 heavy (non-hydrogen) atoms. The number of amides is 3. The van der Waals surface area contributed by atoms with Crippen molar-refractivity contribution in [1.82, 2.24) is 39.8 Å². The number of piperazine rings is 1. The molecule has 0 aliphatic carbocycles. The van der Waals surface area contributed by atoms with E-state index < -0.39 is 5.92 Å². The molecule has 3 aromatic heterocycles. The van der Waals surface area contributed by atoms with Crippen molar-refractivity contribution in [2.45, 2.75) is 51.0 Å². The summed E-state index contributed by atoms with van der Waals surface area (Å²) in [6, 6.07) is 13.6. The van der Waals surface area contributed by atoms with E-state index in [1.807, 2.05) is 29.9 Å². The van der Waals surface area contributed by atoms with Crippen molar-refractivity contribution in [3.63, 3.8) is 0 Å². The number of fused-ring (bicyclic) bond motifs is 2. The lowest BCUT2D eigenvalue weighted by Gasteiger charge is -2.50. The number of piperidine rings is 2. The Hall–Kier alpha value is -5.74. The highest BCUT2D eigenvalue weighted by atomic mass is 35.5. The zero-order chi connectivity index (χ0) is 41.6. The molecule has 1 unspecified atom stereocenters. The van der Waals surface area contributed by atoms with Gasteiger partial charge in [-0.1, -0.05) is 11.6 Å². The Morgan fingerprint density at radius 2 is 1.71 bits per heavy atom. The van der Waals surface area contributed by atoms with Crippen LogP contribution in [0.4, 0.5) is 23.1 Å². The van der Waals surface area contributed by atoms with Crippen molar-refractivity contribution in [3.05, 3.63) is 69.7 Å². The fourth-order valence-electron chi connectivity index (χ4n) is 8.85. The van der Waals surface area contributed by atoms with Crippen LogP contribution in [0.3, 0.4) is 0 Å². The third kappa shape index (κ3) is 7.90. The van der Waals surface area contributed by atoms with Gasteiger partial charge in [-0.05, 0) is 81.5 Å². The van der Waals surface area contributed by atoms with Crippen LogP contribution in [0.1, 0.15) is 51.1 Å². The largest absolute Gasteiger partial charge is 0.478 e. The molecule has 3 aliphatic heterocycles. The number of ether oxygens (including phenoxy) is 1. The van der Waals surface area contributed by atoms with Crippen LogP contribution in [0, 0.1) is 5.92 Å². The molecule has 3 N–H and O–H groups in total. The maximum Gasteiger partial charge on any atom is 0.293 e. The van der Waals surface area contributed by atoms with Crippen LogP contribution < -0.4 is 36.0 Å². The Morgan fingerprint density at radius 1 is 0.949 bits per heavy atom. The summed E-state index contributed by atoms with van der Waals surface area (Å²) in [6.45, 7) is 9.70. The third-order valence-electron chi connectivity index (χ3n) is 12.5. The highest BCUT2D eigenvalue weighted by Gasteiger charge is 2.39. The van der Waals surface area contributed by atoms with Gasteiger partial charge in [0.1, 0.15) is 5.02 Å². The van der Waals surface area contributed by atoms with Crippen LogP contribution in [0.5, 0.6) is 5.75 Å². The molecule has 0 bridgehead atoms. The number of nitrogens with zero attached hydrogens (tertiary/aromatic N) is 8. The second-order valence-corrected chi connectivity index (χ2v) is 16.6. The Balaban J connectivity index is 0.883. The number of imide groups is 1. The van der Waals surface area contributed by atoms with Gasteiger partial charge in [-0.15, -0.1) is 0 Å². The van der Waals surface area contributed by atoms with Gasteiger partial charge in [0.25, 0.3) is 11.5 Å². The summed E-state index contributed by atoms with van der Waals surface area (Å²) in [5, 5.41) is 15.1. The number of carbonyl (C=O) groups excluding carboxylic acids is 3. The van der Waals surface area contributed by atoms with Gasteiger partial charge >= 0.3 is 0 Å². The van der Waals surface area contributed by atoms with Crippen molar-refractivity contribution < 1.29 is 19.1 Å². The zero-order valence-corrected chi connectivity index (χ0v) is 34.8. The van der Waals surface area contributed by atoms with E-state index in [-0.39, 0.29) is 41.2 Å². The molecule has 0 spiro atoms. The lowest BCUT2D eigenvalue weighted by atomic mass is 9.78. The number of halogens is 1. The standard InChI is InChI=1S/C42H50ClN11O5/c1-42(2,26-12-14-52(15-13-26)28-7-8-29-33(22-28)51(5)49-37(29)30-9-11-35(55)47-39(30)57)54-18-16-53(17-19-54)41-45-23-31(43)38(48-41)46-27-6-10-32-25(20-27)21-34(40(58)50(32)4)59-24-36(56)44-3/h6-8,10,20-23,26,30H,9,11-19,24H2,1-5H3,(H,44,56)(H,45,46,48)(H,47,55,57). The molecule has 3 saturated heterocycles. The van der Waals surface area contributed by atoms with E-state index in [1.165, 1.54) is 11.6 Å². The average Bonchev–Trinajstić information content (AvgIpc) is 3.57. The fourth-order valence-corrected chi connectivity index (χ4v) is 8.99.